The van der Waals surface area contributed by atoms with E-state index in [1.807, 2.05) is 42.3 Å². The molecule has 0 aromatic heterocycles. The number of amides is 1. The van der Waals surface area contributed by atoms with Crippen LogP contribution in [0.3, 0.4) is 0 Å². The topological polar surface area (TPSA) is 41.6 Å². The summed E-state index contributed by atoms with van der Waals surface area (Å²) in [6.07, 6.45) is 3.40. The molecule has 1 fully saturated rings. The van der Waals surface area contributed by atoms with Gasteiger partial charge in [-0.25, -0.2) is 0 Å². The largest absolute Gasteiger partial charge is 0.483 e. The lowest BCUT2D eigenvalue weighted by atomic mass is 9.93. The average molecular weight is 363 g/mol. The van der Waals surface area contributed by atoms with Crippen molar-refractivity contribution in [2.24, 2.45) is 5.92 Å². The van der Waals surface area contributed by atoms with Gasteiger partial charge in [0.05, 0.1) is 0 Å². The highest BCUT2D eigenvalue weighted by atomic mass is 35.5. The molecule has 2 aromatic rings. The van der Waals surface area contributed by atoms with Gasteiger partial charge in [-0.15, -0.1) is 12.4 Å². The van der Waals surface area contributed by atoms with E-state index in [4.69, 9.17) is 4.74 Å². The molecule has 1 amide bonds. The third kappa shape index (κ3) is 5.10. The van der Waals surface area contributed by atoms with Crippen molar-refractivity contribution < 1.29 is 9.53 Å². The third-order valence-electron chi connectivity index (χ3n) is 4.87. The van der Waals surface area contributed by atoms with Crippen LogP contribution in [0.1, 0.15) is 19.3 Å². The second-order valence-corrected chi connectivity index (χ2v) is 6.48. The van der Waals surface area contributed by atoms with Crippen LogP contribution in [0.25, 0.3) is 10.8 Å². The van der Waals surface area contributed by atoms with Gasteiger partial charge in [-0.2, -0.15) is 0 Å². The summed E-state index contributed by atoms with van der Waals surface area (Å²) in [4.78, 5) is 14.4. The molecule has 5 heteroatoms. The molecule has 0 bridgehead atoms. The quantitative estimate of drug-likeness (QED) is 0.855. The van der Waals surface area contributed by atoms with Crippen molar-refractivity contribution in [3.8, 4) is 5.75 Å². The number of benzene rings is 2. The molecular weight excluding hydrogens is 336 g/mol. The number of likely N-dealkylation sites (tertiary alicyclic amines) is 1. The molecule has 0 saturated carbocycles. The van der Waals surface area contributed by atoms with Crippen LogP contribution in [0, 0.1) is 5.92 Å². The summed E-state index contributed by atoms with van der Waals surface area (Å²) in [5.74, 6) is 1.61. The van der Waals surface area contributed by atoms with Crippen molar-refractivity contribution >= 4 is 29.1 Å². The zero-order valence-corrected chi connectivity index (χ0v) is 15.6. The fourth-order valence-electron chi connectivity index (χ4n) is 3.37. The summed E-state index contributed by atoms with van der Waals surface area (Å²) in [5, 5.41) is 5.39. The van der Waals surface area contributed by atoms with Gasteiger partial charge in [-0.1, -0.05) is 36.4 Å². The molecule has 1 aliphatic heterocycles. The molecule has 2 aromatic carbocycles. The molecule has 4 nitrogen and oxygen atoms in total. The number of carbonyl (C=O) groups is 1. The Labute approximate surface area is 155 Å². The molecule has 0 spiro atoms. The van der Waals surface area contributed by atoms with E-state index in [-0.39, 0.29) is 24.9 Å². The Morgan fingerprint density at radius 3 is 2.64 bits per heavy atom. The molecule has 0 aliphatic carbocycles. The van der Waals surface area contributed by atoms with Gasteiger partial charge in [0.1, 0.15) is 5.75 Å². The van der Waals surface area contributed by atoms with Gasteiger partial charge in [0.15, 0.2) is 6.61 Å². The van der Waals surface area contributed by atoms with Gasteiger partial charge in [0.25, 0.3) is 5.91 Å². The Kier molecular flexibility index (Phi) is 7.53. The van der Waals surface area contributed by atoms with Crippen LogP contribution in [0.5, 0.6) is 5.75 Å². The van der Waals surface area contributed by atoms with Crippen LogP contribution in [-0.2, 0) is 4.79 Å². The summed E-state index contributed by atoms with van der Waals surface area (Å²) < 4.78 is 5.82. The molecule has 25 heavy (non-hydrogen) atoms. The fourth-order valence-corrected chi connectivity index (χ4v) is 3.37. The standard InChI is InChI=1S/C20H26N2O2.ClH/c1-21-12-9-16-10-13-22(14-11-16)20(23)15-24-19-8-4-6-17-5-2-3-7-18(17)19;/h2-8,16,21H,9-15H2,1H3;1H. The fraction of sp³-hybridized carbons (Fsp3) is 0.450. The zero-order chi connectivity index (χ0) is 16.8. The maximum Gasteiger partial charge on any atom is 0.260 e. The summed E-state index contributed by atoms with van der Waals surface area (Å²) in [7, 11) is 1.99. The normalized spacial score (nSPS) is 15.0. The first-order valence-electron chi connectivity index (χ1n) is 8.81. The van der Waals surface area contributed by atoms with Crippen molar-refractivity contribution in [2.75, 3.05) is 33.3 Å². The van der Waals surface area contributed by atoms with Gasteiger partial charge in [-0.3, -0.25) is 4.79 Å². The Bertz CT molecular complexity index is 679. The minimum Gasteiger partial charge on any atom is -0.483 e. The van der Waals surface area contributed by atoms with E-state index >= 15 is 0 Å². The van der Waals surface area contributed by atoms with Crippen LogP contribution in [0.15, 0.2) is 42.5 Å². The number of fused-ring (bicyclic) bond motifs is 1. The number of halogens is 1. The summed E-state index contributed by atoms with van der Waals surface area (Å²) in [6, 6.07) is 14.0. The number of ether oxygens (including phenoxy) is 1. The Balaban J connectivity index is 0.00000225. The van der Waals surface area contributed by atoms with Crippen LogP contribution < -0.4 is 10.1 Å². The van der Waals surface area contributed by atoms with Crippen molar-refractivity contribution in [1.82, 2.24) is 10.2 Å². The molecule has 1 saturated heterocycles. The van der Waals surface area contributed by atoms with E-state index in [1.165, 1.54) is 6.42 Å². The first-order chi connectivity index (χ1) is 11.8. The monoisotopic (exact) mass is 362 g/mol. The van der Waals surface area contributed by atoms with E-state index in [0.29, 0.717) is 0 Å². The van der Waals surface area contributed by atoms with E-state index < -0.39 is 0 Å². The minimum atomic E-state index is 0. The predicted octanol–water partition coefficient (Wildman–Crippen LogP) is 3.49. The van der Waals surface area contributed by atoms with Crippen molar-refractivity contribution in [2.45, 2.75) is 19.3 Å². The number of carbonyl (C=O) groups excluding carboxylic acids is 1. The molecule has 1 heterocycles. The number of hydrogen-bond donors (Lipinski definition) is 1. The first kappa shape index (κ1) is 19.5. The van der Waals surface area contributed by atoms with Crippen molar-refractivity contribution in [1.29, 1.82) is 0 Å². The van der Waals surface area contributed by atoms with Crippen LogP contribution >= 0.6 is 12.4 Å². The molecule has 0 atom stereocenters. The van der Waals surface area contributed by atoms with Gasteiger partial charge in [-0.05, 0) is 50.2 Å². The maximum absolute atomic E-state index is 12.4. The maximum atomic E-state index is 12.4. The lowest BCUT2D eigenvalue weighted by Gasteiger charge is -2.32. The molecule has 0 radical (unpaired) electrons. The Hall–Kier alpha value is -1.78. The summed E-state index contributed by atoms with van der Waals surface area (Å²) in [6.45, 7) is 2.89. The van der Waals surface area contributed by atoms with E-state index in [2.05, 4.69) is 17.4 Å². The number of hydrogen-bond acceptors (Lipinski definition) is 3. The number of piperidine rings is 1. The van der Waals surface area contributed by atoms with E-state index in [0.717, 1.165) is 54.9 Å². The molecule has 1 N–H and O–H groups in total. The lowest BCUT2D eigenvalue weighted by Crippen LogP contribution is -2.41. The molecular formula is C20H27ClN2O2. The van der Waals surface area contributed by atoms with Gasteiger partial charge in [0.2, 0.25) is 0 Å². The minimum absolute atomic E-state index is 0. The van der Waals surface area contributed by atoms with Crippen molar-refractivity contribution in [3.05, 3.63) is 42.5 Å². The molecule has 0 unspecified atom stereocenters. The number of nitrogens with one attached hydrogen (secondary N) is 1. The molecule has 3 rings (SSSR count). The van der Waals surface area contributed by atoms with Crippen LogP contribution in [-0.4, -0.2) is 44.1 Å². The molecule has 1 aliphatic rings. The highest BCUT2D eigenvalue weighted by Gasteiger charge is 2.22. The summed E-state index contributed by atoms with van der Waals surface area (Å²) >= 11 is 0. The lowest BCUT2D eigenvalue weighted by molar-refractivity contribution is -0.134. The van der Waals surface area contributed by atoms with Crippen molar-refractivity contribution in [3.63, 3.8) is 0 Å². The van der Waals surface area contributed by atoms with Crippen LogP contribution in [0.2, 0.25) is 0 Å². The van der Waals surface area contributed by atoms with E-state index in [1.54, 1.807) is 0 Å². The van der Waals surface area contributed by atoms with Gasteiger partial charge >= 0.3 is 0 Å². The zero-order valence-electron chi connectivity index (χ0n) is 14.7. The Morgan fingerprint density at radius 1 is 1.16 bits per heavy atom. The third-order valence-corrected chi connectivity index (χ3v) is 4.87. The second-order valence-electron chi connectivity index (χ2n) is 6.48. The Morgan fingerprint density at radius 2 is 1.88 bits per heavy atom. The number of nitrogens with zero attached hydrogens (tertiary/aromatic N) is 1. The SMILES string of the molecule is CNCCC1CCN(C(=O)COc2cccc3ccccc23)CC1.Cl. The number of rotatable bonds is 6. The van der Waals surface area contributed by atoms with Crippen LogP contribution in [0.4, 0.5) is 0 Å². The van der Waals surface area contributed by atoms with Gasteiger partial charge < -0.3 is 15.0 Å². The smallest absolute Gasteiger partial charge is 0.260 e. The predicted molar refractivity (Wildman–Crippen MR) is 105 cm³/mol. The van der Waals surface area contributed by atoms with E-state index in [9.17, 15) is 4.79 Å². The summed E-state index contributed by atoms with van der Waals surface area (Å²) in [5.41, 5.74) is 0. The van der Waals surface area contributed by atoms with Gasteiger partial charge in [0, 0.05) is 18.5 Å². The average Bonchev–Trinajstić information content (AvgIpc) is 2.64. The molecule has 136 valence electrons. The first-order valence-corrected chi connectivity index (χ1v) is 8.81. The highest BCUT2D eigenvalue weighted by Crippen LogP contribution is 2.25. The second kappa shape index (κ2) is 9.64. The highest BCUT2D eigenvalue weighted by molar-refractivity contribution is 5.88.